The minimum atomic E-state index is -0.774. The van der Waals surface area contributed by atoms with Crippen LogP contribution < -0.4 is 11.0 Å². The van der Waals surface area contributed by atoms with Gasteiger partial charge in [0.1, 0.15) is 12.1 Å². The lowest BCUT2D eigenvalue weighted by atomic mass is 9.83. The molecular formula is C17H20N4O2. The first-order chi connectivity index (χ1) is 11.1. The van der Waals surface area contributed by atoms with Crippen LogP contribution in [0, 0.1) is 11.3 Å². The highest BCUT2D eigenvalue weighted by atomic mass is 16.2. The van der Waals surface area contributed by atoms with E-state index >= 15 is 0 Å². The van der Waals surface area contributed by atoms with E-state index < -0.39 is 5.54 Å². The molecule has 0 bridgehead atoms. The molecule has 2 aromatic rings. The van der Waals surface area contributed by atoms with E-state index in [1.54, 1.807) is 7.05 Å². The van der Waals surface area contributed by atoms with Crippen LogP contribution in [-0.2, 0) is 18.4 Å². The van der Waals surface area contributed by atoms with Crippen molar-refractivity contribution in [1.29, 1.82) is 5.26 Å². The van der Waals surface area contributed by atoms with E-state index in [1.165, 1.54) is 9.13 Å². The van der Waals surface area contributed by atoms with Crippen molar-refractivity contribution < 1.29 is 4.79 Å². The molecule has 1 amide bonds. The number of hydrogen-bond acceptors (Lipinski definition) is 3. The molecule has 0 spiro atoms. The van der Waals surface area contributed by atoms with Crippen molar-refractivity contribution in [3.8, 4) is 6.07 Å². The molecule has 0 atom stereocenters. The van der Waals surface area contributed by atoms with Crippen LogP contribution in [0.4, 0.5) is 0 Å². The summed E-state index contributed by atoms with van der Waals surface area (Å²) in [6, 6.07) is 9.64. The second kappa shape index (κ2) is 5.92. The minimum absolute atomic E-state index is 0.0659. The van der Waals surface area contributed by atoms with Gasteiger partial charge in [-0.1, -0.05) is 31.4 Å². The van der Waals surface area contributed by atoms with E-state index in [-0.39, 0.29) is 18.1 Å². The first kappa shape index (κ1) is 15.3. The number of nitriles is 1. The number of imidazole rings is 1. The number of nitrogens with one attached hydrogen (secondary N) is 1. The summed E-state index contributed by atoms with van der Waals surface area (Å²) in [6.45, 7) is -0.0659. The molecule has 6 heteroatoms. The molecule has 1 aliphatic rings. The Kier molecular flexibility index (Phi) is 3.95. The Morgan fingerprint density at radius 2 is 1.91 bits per heavy atom. The minimum Gasteiger partial charge on any atom is -0.336 e. The number of hydrogen-bond donors (Lipinski definition) is 1. The van der Waals surface area contributed by atoms with E-state index in [0.717, 1.165) is 30.3 Å². The average Bonchev–Trinajstić information content (AvgIpc) is 2.81. The summed E-state index contributed by atoms with van der Waals surface area (Å²) in [4.78, 5) is 24.8. The lowest BCUT2D eigenvalue weighted by molar-refractivity contribution is -0.123. The quantitative estimate of drug-likeness (QED) is 0.936. The summed E-state index contributed by atoms with van der Waals surface area (Å²) in [6.07, 6.45) is 4.35. The Morgan fingerprint density at radius 3 is 2.57 bits per heavy atom. The first-order valence-corrected chi connectivity index (χ1v) is 7.93. The van der Waals surface area contributed by atoms with Crippen molar-refractivity contribution in [2.75, 3.05) is 0 Å². The van der Waals surface area contributed by atoms with E-state index in [9.17, 15) is 14.9 Å². The number of benzene rings is 1. The van der Waals surface area contributed by atoms with Crippen molar-refractivity contribution in [3.63, 3.8) is 0 Å². The molecule has 23 heavy (non-hydrogen) atoms. The Hall–Kier alpha value is -2.55. The van der Waals surface area contributed by atoms with Gasteiger partial charge in [0.2, 0.25) is 5.91 Å². The molecule has 0 unspecified atom stereocenters. The van der Waals surface area contributed by atoms with Crippen LogP contribution >= 0.6 is 0 Å². The summed E-state index contributed by atoms with van der Waals surface area (Å²) in [7, 11) is 1.69. The third kappa shape index (κ3) is 2.74. The van der Waals surface area contributed by atoms with Gasteiger partial charge in [0.25, 0.3) is 0 Å². The lowest BCUT2D eigenvalue weighted by Gasteiger charge is -2.31. The second-order valence-electron chi connectivity index (χ2n) is 6.22. The second-order valence-corrected chi connectivity index (χ2v) is 6.22. The SMILES string of the molecule is Cn1c(=O)n(CC(=O)NC2(C#N)CCCCC2)c2ccccc21. The van der Waals surface area contributed by atoms with Crippen LogP contribution in [0.25, 0.3) is 11.0 Å². The maximum atomic E-state index is 12.4. The van der Waals surface area contributed by atoms with Gasteiger partial charge in [-0.15, -0.1) is 0 Å². The van der Waals surface area contributed by atoms with Crippen LogP contribution in [-0.4, -0.2) is 20.6 Å². The summed E-state index contributed by atoms with van der Waals surface area (Å²) in [5.74, 6) is -0.285. The van der Waals surface area contributed by atoms with Crippen LogP contribution in [0.5, 0.6) is 0 Å². The maximum Gasteiger partial charge on any atom is 0.329 e. The van der Waals surface area contributed by atoms with Crippen LogP contribution in [0.3, 0.4) is 0 Å². The molecule has 1 aromatic heterocycles. The van der Waals surface area contributed by atoms with E-state index in [1.807, 2.05) is 24.3 Å². The summed E-state index contributed by atoms with van der Waals surface area (Å²) >= 11 is 0. The molecule has 6 nitrogen and oxygen atoms in total. The number of fused-ring (bicyclic) bond motifs is 1. The van der Waals surface area contributed by atoms with Gasteiger partial charge in [-0.05, 0) is 25.0 Å². The Morgan fingerprint density at radius 1 is 1.26 bits per heavy atom. The molecule has 1 fully saturated rings. The third-order valence-corrected chi connectivity index (χ3v) is 4.65. The normalized spacial score (nSPS) is 16.9. The van der Waals surface area contributed by atoms with Crippen molar-refractivity contribution >= 4 is 16.9 Å². The fourth-order valence-corrected chi connectivity index (χ4v) is 3.39. The van der Waals surface area contributed by atoms with Gasteiger partial charge in [-0.3, -0.25) is 13.9 Å². The number of carbonyl (C=O) groups is 1. The van der Waals surface area contributed by atoms with E-state index in [2.05, 4.69) is 11.4 Å². The molecule has 1 aliphatic carbocycles. The molecule has 1 aromatic carbocycles. The molecule has 0 aliphatic heterocycles. The number of rotatable bonds is 3. The Labute approximate surface area is 134 Å². The predicted molar refractivity (Wildman–Crippen MR) is 86.8 cm³/mol. The van der Waals surface area contributed by atoms with E-state index in [4.69, 9.17) is 0 Å². The smallest absolute Gasteiger partial charge is 0.329 e. The molecule has 1 saturated carbocycles. The average molecular weight is 312 g/mol. The first-order valence-electron chi connectivity index (χ1n) is 7.93. The van der Waals surface area contributed by atoms with Crippen molar-refractivity contribution in [2.45, 2.75) is 44.2 Å². The van der Waals surface area contributed by atoms with Gasteiger partial charge in [0.15, 0.2) is 0 Å². The predicted octanol–water partition coefficient (Wildman–Crippen LogP) is 1.68. The zero-order valence-electron chi connectivity index (χ0n) is 13.2. The van der Waals surface area contributed by atoms with Crippen LogP contribution in [0.1, 0.15) is 32.1 Å². The highest BCUT2D eigenvalue weighted by molar-refractivity contribution is 5.81. The largest absolute Gasteiger partial charge is 0.336 e. The zero-order chi connectivity index (χ0) is 16.4. The highest BCUT2D eigenvalue weighted by Crippen LogP contribution is 2.27. The van der Waals surface area contributed by atoms with Crippen molar-refractivity contribution in [2.24, 2.45) is 7.05 Å². The molecule has 0 radical (unpaired) electrons. The van der Waals surface area contributed by atoms with Gasteiger partial charge in [0, 0.05) is 7.05 Å². The fourth-order valence-electron chi connectivity index (χ4n) is 3.39. The zero-order valence-corrected chi connectivity index (χ0v) is 13.2. The summed E-state index contributed by atoms with van der Waals surface area (Å²) < 4.78 is 2.99. The topological polar surface area (TPSA) is 79.8 Å². The maximum absolute atomic E-state index is 12.4. The van der Waals surface area contributed by atoms with E-state index in [0.29, 0.717) is 12.8 Å². The third-order valence-electron chi connectivity index (χ3n) is 4.65. The van der Waals surface area contributed by atoms with Crippen molar-refractivity contribution in [3.05, 3.63) is 34.7 Å². The molecule has 3 rings (SSSR count). The van der Waals surface area contributed by atoms with Gasteiger partial charge in [-0.2, -0.15) is 5.26 Å². The molecule has 1 heterocycles. The van der Waals surface area contributed by atoms with Crippen LogP contribution in [0.2, 0.25) is 0 Å². The van der Waals surface area contributed by atoms with Gasteiger partial charge < -0.3 is 5.32 Å². The number of nitrogens with zero attached hydrogens (tertiary/aromatic N) is 3. The number of aromatic nitrogens is 2. The summed E-state index contributed by atoms with van der Waals surface area (Å²) in [5.41, 5.74) is 0.516. The molecule has 1 N–H and O–H groups in total. The monoisotopic (exact) mass is 312 g/mol. The van der Waals surface area contributed by atoms with Gasteiger partial charge in [-0.25, -0.2) is 4.79 Å². The Bertz CT molecular complexity index is 834. The standard InChI is InChI=1S/C17H20N4O2/c1-20-13-7-3-4-8-14(13)21(16(20)23)11-15(22)19-17(12-18)9-5-2-6-10-17/h3-4,7-8H,2,5-6,9-11H2,1H3,(H,19,22). The van der Waals surface area contributed by atoms with Gasteiger partial charge >= 0.3 is 5.69 Å². The number of carbonyl (C=O) groups excluding carboxylic acids is 1. The number of para-hydroxylation sites is 2. The molecule has 120 valence electrons. The molecular weight excluding hydrogens is 292 g/mol. The van der Waals surface area contributed by atoms with Crippen LogP contribution in [0.15, 0.2) is 29.1 Å². The Balaban J connectivity index is 1.85. The summed E-state index contributed by atoms with van der Waals surface area (Å²) in [5, 5.41) is 12.3. The van der Waals surface area contributed by atoms with Crippen molar-refractivity contribution in [1.82, 2.24) is 14.5 Å². The fraction of sp³-hybridized carbons (Fsp3) is 0.471. The lowest BCUT2D eigenvalue weighted by Crippen LogP contribution is -2.50. The van der Waals surface area contributed by atoms with Gasteiger partial charge in [0.05, 0.1) is 17.1 Å². The number of amides is 1. The molecule has 0 saturated heterocycles. The highest BCUT2D eigenvalue weighted by Gasteiger charge is 2.33. The number of aryl methyl sites for hydroxylation is 1.